The summed E-state index contributed by atoms with van der Waals surface area (Å²) in [5, 5.41) is 11.2. The van der Waals surface area contributed by atoms with Crippen molar-refractivity contribution < 1.29 is 13.2 Å². The number of hydrogen-bond acceptors (Lipinski definition) is 6. The van der Waals surface area contributed by atoms with Crippen LogP contribution in [0.25, 0.3) is 10.9 Å². The second-order valence-electron chi connectivity index (χ2n) is 6.90. The molecule has 1 fully saturated rings. The molecule has 0 saturated carbocycles. The van der Waals surface area contributed by atoms with E-state index in [2.05, 4.69) is 20.5 Å². The van der Waals surface area contributed by atoms with Crippen molar-refractivity contribution in [2.24, 2.45) is 0 Å². The Labute approximate surface area is 158 Å². The van der Waals surface area contributed by atoms with Gasteiger partial charge < -0.3 is 10.1 Å². The molecule has 0 amide bonds. The van der Waals surface area contributed by atoms with Gasteiger partial charge in [-0.3, -0.25) is 10.1 Å². The lowest BCUT2D eigenvalue weighted by atomic mass is 10.2. The van der Waals surface area contributed by atoms with Crippen molar-refractivity contribution in [1.29, 1.82) is 0 Å². The van der Waals surface area contributed by atoms with Crippen LogP contribution >= 0.6 is 0 Å². The van der Waals surface area contributed by atoms with Crippen molar-refractivity contribution in [3.8, 4) is 0 Å². The minimum atomic E-state index is -3.43. The standard InChI is InChI=1S/C19H22N4O3S/c1-12-13(2)22-23-19(12)21-18-7-8-20-17-6-5-15(10-16(17)18)27(24,25)11-14-4-3-9-26-14/h5-8,10,14H,3-4,9,11H2,1-2H3,(H2,20,21,22,23). The van der Waals surface area contributed by atoms with Crippen molar-refractivity contribution in [2.75, 3.05) is 17.7 Å². The van der Waals surface area contributed by atoms with Gasteiger partial charge in [0.2, 0.25) is 0 Å². The topological polar surface area (TPSA) is 97.0 Å². The average molecular weight is 386 g/mol. The number of rotatable bonds is 5. The van der Waals surface area contributed by atoms with Crippen LogP contribution in [0.4, 0.5) is 11.5 Å². The van der Waals surface area contributed by atoms with Gasteiger partial charge in [-0.2, -0.15) is 5.10 Å². The number of anilines is 2. The second-order valence-corrected chi connectivity index (χ2v) is 8.94. The smallest absolute Gasteiger partial charge is 0.180 e. The normalized spacial score (nSPS) is 17.5. The predicted octanol–water partition coefficient (Wildman–Crippen LogP) is 3.27. The van der Waals surface area contributed by atoms with E-state index in [0.717, 1.165) is 40.7 Å². The van der Waals surface area contributed by atoms with E-state index in [4.69, 9.17) is 4.74 Å². The fraction of sp³-hybridized carbons (Fsp3) is 0.368. The first-order chi connectivity index (χ1) is 12.9. The maximum Gasteiger partial charge on any atom is 0.180 e. The Bertz CT molecular complexity index is 1090. The molecule has 0 radical (unpaired) electrons. The van der Waals surface area contributed by atoms with Crippen LogP contribution in [0.1, 0.15) is 24.1 Å². The summed E-state index contributed by atoms with van der Waals surface area (Å²) in [6.07, 6.45) is 3.18. The zero-order chi connectivity index (χ0) is 19.0. The van der Waals surface area contributed by atoms with Crippen molar-refractivity contribution in [3.05, 3.63) is 41.7 Å². The Kier molecular flexibility index (Phi) is 4.61. The number of hydrogen-bond donors (Lipinski definition) is 2. The second kappa shape index (κ2) is 6.94. The van der Waals surface area contributed by atoms with E-state index in [1.165, 1.54) is 0 Å². The number of nitrogens with one attached hydrogen (secondary N) is 2. The van der Waals surface area contributed by atoms with E-state index < -0.39 is 9.84 Å². The summed E-state index contributed by atoms with van der Waals surface area (Å²) in [5.74, 6) is 0.728. The first-order valence-electron chi connectivity index (χ1n) is 8.96. The van der Waals surface area contributed by atoms with Gasteiger partial charge >= 0.3 is 0 Å². The summed E-state index contributed by atoms with van der Waals surface area (Å²) < 4.78 is 31.1. The monoisotopic (exact) mass is 386 g/mol. The molecule has 1 saturated heterocycles. The third-order valence-electron chi connectivity index (χ3n) is 5.01. The molecule has 1 atom stereocenters. The van der Waals surface area contributed by atoms with E-state index in [1.54, 1.807) is 24.4 Å². The third kappa shape index (κ3) is 3.54. The molecule has 2 N–H and O–H groups in total. The number of pyridine rings is 1. The number of aryl methyl sites for hydroxylation is 1. The van der Waals surface area contributed by atoms with Crippen LogP contribution in [0.5, 0.6) is 0 Å². The Balaban J connectivity index is 1.71. The van der Waals surface area contributed by atoms with Gasteiger partial charge in [0, 0.05) is 29.4 Å². The highest BCUT2D eigenvalue weighted by molar-refractivity contribution is 7.91. The Morgan fingerprint density at radius 1 is 1.30 bits per heavy atom. The molecule has 1 aliphatic heterocycles. The Hall–Kier alpha value is -2.45. The van der Waals surface area contributed by atoms with Crippen LogP contribution in [-0.2, 0) is 14.6 Å². The van der Waals surface area contributed by atoms with Gasteiger partial charge in [0.05, 0.1) is 28.0 Å². The summed E-state index contributed by atoms with van der Waals surface area (Å²) >= 11 is 0. The molecular formula is C19H22N4O3S. The predicted molar refractivity (Wildman–Crippen MR) is 104 cm³/mol. The van der Waals surface area contributed by atoms with Gasteiger partial charge in [-0.25, -0.2) is 8.42 Å². The quantitative estimate of drug-likeness (QED) is 0.698. The van der Waals surface area contributed by atoms with Gasteiger partial charge in [0.15, 0.2) is 15.7 Å². The van der Waals surface area contributed by atoms with E-state index in [1.807, 2.05) is 19.9 Å². The largest absolute Gasteiger partial charge is 0.377 e. The number of H-pyrrole nitrogens is 1. The first kappa shape index (κ1) is 17.9. The molecule has 1 aromatic carbocycles. The zero-order valence-electron chi connectivity index (χ0n) is 15.3. The lowest BCUT2D eigenvalue weighted by Crippen LogP contribution is -2.20. The molecule has 2 aromatic heterocycles. The van der Waals surface area contributed by atoms with Gasteiger partial charge in [-0.15, -0.1) is 0 Å². The lowest BCUT2D eigenvalue weighted by Gasteiger charge is -2.12. The Morgan fingerprint density at radius 2 is 2.15 bits per heavy atom. The number of nitrogens with zero attached hydrogens (tertiary/aromatic N) is 2. The van der Waals surface area contributed by atoms with Crippen molar-refractivity contribution in [2.45, 2.75) is 37.7 Å². The minimum absolute atomic E-state index is 0.0131. The molecule has 3 aromatic rings. The summed E-state index contributed by atoms with van der Waals surface area (Å²) in [5.41, 5.74) is 3.49. The van der Waals surface area contributed by atoms with Crippen LogP contribution in [0.2, 0.25) is 0 Å². The van der Waals surface area contributed by atoms with Gasteiger partial charge in [-0.05, 0) is 51.0 Å². The molecule has 1 unspecified atom stereocenters. The number of aromatic amines is 1. The third-order valence-corrected chi connectivity index (χ3v) is 6.79. The molecule has 3 heterocycles. The van der Waals surface area contributed by atoms with E-state index in [-0.39, 0.29) is 16.8 Å². The SMILES string of the molecule is Cc1[nH]nc(Nc2ccnc3ccc(S(=O)(=O)CC4CCCO4)cc23)c1C. The summed E-state index contributed by atoms with van der Waals surface area (Å²) in [6.45, 7) is 4.56. The number of aromatic nitrogens is 3. The molecule has 8 heteroatoms. The molecule has 7 nitrogen and oxygen atoms in total. The van der Waals surface area contributed by atoms with Crippen LogP contribution in [0.3, 0.4) is 0 Å². The highest BCUT2D eigenvalue weighted by Crippen LogP contribution is 2.29. The maximum atomic E-state index is 12.8. The van der Waals surface area contributed by atoms with Crippen molar-refractivity contribution >= 4 is 32.2 Å². The maximum absolute atomic E-state index is 12.8. The lowest BCUT2D eigenvalue weighted by molar-refractivity contribution is 0.127. The van der Waals surface area contributed by atoms with Crippen LogP contribution in [0.15, 0.2) is 35.4 Å². The fourth-order valence-corrected chi connectivity index (χ4v) is 4.80. The summed E-state index contributed by atoms with van der Waals surface area (Å²) in [6, 6.07) is 6.87. The highest BCUT2D eigenvalue weighted by atomic mass is 32.2. The first-order valence-corrected chi connectivity index (χ1v) is 10.6. The van der Waals surface area contributed by atoms with Crippen molar-refractivity contribution in [3.63, 3.8) is 0 Å². The van der Waals surface area contributed by atoms with E-state index in [9.17, 15) is 8.42 Å². The van der Waals surface area contributed by atoms with Gasteiger partial charge in [0.25, 0.3) is 0 Å². The molecule has 0 spiro atoms. The molecule has 1 aliphatic rings. The Morgan fingerprint density at radius 3 is 2.85 bits per heavy atom. The molecule has 142 valence electrons. The number of ether oxygens (including phenoxy) is 1. The van der Waals surface area contributed by atoms with Crippen LogP contribution in [0, 0.1) is 13.8 Å². The highest BCUT2D eigenvalue weighted by Gasteiger charge is 2.25. The molecule has 27 heavy (non-hydrogen) atoms. The zero-order valence-corrected chi connectivity index (χ0v) is 16.1. The van der Waals surface area contributed by atoms with Gasteiger partial charge in [-0.1, -0.05) is 0 Å². The summed E-state index contributed by atoms with van der Waals surface area (Å²) in [7, 11) is -3.43. The number of benzene rings is 1. The average Bonchev–Trinajstić information content (AvgIpc) is 3.26. The molecule has 0 bridgehead atoms. The molecule has 0 aliphatic carbocycles. The fourth-order valence-electron chi connectivity index (χ4n) is 3.28. The van der Waals surface area contributed by atoms with Crippen LogP contribution in [-0.4, -0.2) is 42.1 Å². The van der Waals surface area contributed by atoms with Crippen molar-refractivity contribution in [1.82, 2.24) is 15.2 Å². The molecule has 4 rings (SSSR count). The minimum Gasteiger partial charge on any atom is -0.377 e. The molecular weight excluding hydrogens is 364 g/mol. The van der Waals surface area contributed by atoms with E-state index >= 15 is 0 Å². The number of sulfone groups is 1. The van der Waals surface area contributed by atoms with E-state index in [0.29, 0.717) is 12.4 Å². The van der Waals surface area contributed by atoms with Crippen LogP contribution < -0.4 is 5.32 Å². The summed E-state index contributed by atoms with van der Waals surface area (Å²) in [4.78, 5) is 4.64. The number of fused-ring (bicyclic) bond motifs is 1. The van der Waals surface area contributed by atoms with Gasteiger partial charge in [0.1, 0.15) is 0 Å².